The van der Waals surface area contributed by atoms with Gasteiger partial charge in [0.25, 0.3) is 0 Å². The molecule has 0 aliphatic rings. The second-order valence-corrected chi connectivity index (χ2v) is 4.47. The molecule has 1 aromatic carbocycles. The zero-order valence-corrected chi connectivity index (χ0v) is 10.9. The van der Waals surface area contributed by atoms with E-state index < -0.39 is 0 Å². The van der Waals surface area contributed by atoms with Gasteiger partial charge in [0.05, 0.1) is 13.6 Å². The Hall–Kier alpha value is -1.75. The molecule has 0 aliphatic carbocycles. The lowest BCUT2D eigenvalue weighted by Crippen LogP contribution is -2.17. The molecule has 0 saturated heterocycles. The molecule has 2 rings (SSSR count). The van der Waals surface area contributed by atoms with E-state index in [2.05, 4.69) is 51.9 Å². The third kappa shape index (κ3) is 3.63. The summed E-state index contributed by atoms with van der Waals surface area (Å²) in [5.41, 5.74) is 1.39. The van der Waals surface area contributed by atoms with Crippen LogP contribution in [0.15, 0.2) is 30.3 Å². The van der Waals surface area contributed by atoms with Crippen molar-refractivity contribution in [3.05, 3.63) is 41.7 Å². The van der Waals surface area contributed by atoms with E-state index in [-0.39, 0.29) is 0 Å². The molecule has 1 unspecified atom stereocenters. The maximum atomic E-state index is 4.12. The predicted octanol–water partition coefficient (Wildman–Crippen LogP) is 1.49. The summed E-state index contributed by atoms with van der Waals surface area (Å²) in [5, 5.41) is 15.2. The molecule has 0 fully saturated rings. The van der Waals surface area contributed by atoms with Gasteiger partial charge in [-0.3, -0.25) is 0 Å². The monoisotopic (exact) mass is 245 g/mol. The van der Waals surface area contributed by atoms with Crippen LogP contribution in [0.2, 0.25) is 0 Å². The van der Waals surface area contributed by atoms with Gasteiger partial charge in [-0.05, 0) is 29.7 Å². The van der Waals surface area contributed by atoms with Crippen LogP contribution in [-0.2, 0) is 13.6 Å². The Morgan fingerprint density at radius 1 is 1.28 bits per heavy atom. The molecule has 1 aromatic heterocycles. The normalized spacial score (nSPS) is 12.6. The Balaban J connectivity index is 1.69. The molecular weight excluding hydrogens is 226 g/mol. The zero-order chi connectivity index (χ0) is 12.8. The first-order valence-corrected chi connectivity index (χ1v) is 6.24. The molecular formula is C13H19N5. The summed E-state index contributed by atoms with van der Waals surface area (Å²) in [5.74, 6) is 1.30. The smallest absolute Gasteiger partial charge is 0.188 e. The average Bonchev–Trinajstić information content (AvgIpc) is 2.81. The number of rotatable bonds is 6. The average molecular weight is 245 g/mol. The molecule has 18 heavy (non-hydrogen) atoms. The van der Waals surface area contributed by atoms with E-state index in [4.69, 9.17) is 0 Å². The minimum Gasteiger partial charge on any atom is -0.310 e. The van der Waals surface area contributed by atoms with Crippen molar-refractivity contribution in [1.29, 1.82) is 0 Å². The zero-order valence-electron chi connectivity index (χ0n) is 10.9. The van der Waals surface area contributed by atoms with Crippen LogP contribution in [0.25, 0.3) is 0 Å². The summed E-state index contributed by atoms with van der Waals surface area (Å²) in [6.45, 7) is 3.88. The second-order valence-electron chi connectivity index (χ2n) is 4.47. The van der Waals surface area contributed by atoms with Crippen molar-refractivity contribution < 1.29 is 0 Å². The fourth-order valence-electron chi connectivity index (χ4n) is 1.86. The molecule has 0 saturated carbocycles. The van der Waals surface area contributed by atoms with Crippen molar-refractivity contribution in [3.8, 4) is 0 Å². The van der Waals surface area contributed by atoms with Crippen LogP contribution in [0.4, 0.5) is 0 Å². The first kappa shape index (κ1) is 12.7. The topological polar surface area (TPSA) is 55.6 Å². The van der Waals surface area contributed by atoms with E-state index in [1.54, 1.807) is 7.05 Å². The highest BCUT2D eigenvalue weighted by Gasteiger charge is 2.05. The molecule has 0 bridgehead atoms. The Bertz CT molecular complexity index is 465. The van der Waals surface area contributed by atoms with Crippen molar-refractivity contribution in [2.24, 2.45) is 7.05 Å². The maximum Gasteiger partial charge on any atom is 0.188 e. The Morgan fingerprint density at radius 2 is 2.06 bits per heavy atom. The lowest BCUT2D eigenvalue weighted by molar-refractivity contribution is 0.579. The van der Waals surface area contributed by atoms with Gasteiger partial charge in [-0.1, -0.05) is 37.3 Å². The minimum atomic E-state index is 0.563. The van der Waals surface area contributed by atoms with Crippen LogP contribution in [-0.4, -0.2) is 26.8 Å². The summed E-state index contributed by atoms with van der Waals surface area (Å²) in [7, 11) is 1.77. The van der Waals surface area contributed by atoms with Crippen molar-refractivity contribution in [3.63, 3.8) is 0 Å². The first-order valence-electron chi connectivity index (χ1n) is 6.24. The third-order valence-corrected chi connectivity index (χ3v) is 2.96. The number of aryl methyl sites for hydroxylation is 1. The van der Waals surface area contributed by atoms with Gasteiger partial charge in [0.15, 0.2) is 5.82 Å². The summed E-state index contributed by atoms with van der Waals surface area (Å²) < 4.78 is 0. The molecule has 0 amide bonds. The Morgan fingerprint density at radius 3 is 2.72 bits per heavy atom. The van der Waals surface area contributed by atoms with E-state index in [1.807, 2.05) is 6.07 Å². The summed E-state index contributed by atoms with van der Waals surface area (Å²) >= 11 is 0. The van der Waals surface area contributed by atoms with E-state index in [0.29, 0.717) is 12.5 Å². The van der Waals surface area contributed by atoms with E-state index >= 15 is 0 Å². The fraction of sp³-hybridized carbons (Fsp3) is 0.462. The van der Waals surface area contributed by atoms with Crippen molar-refractivity contribution >= 4 is 0 Å². The number of aromatic nitrogens is 4. The molecule has 1 heterocycles. The molecule has 0 spiro atoms. The maximum absolute atomic E-state index is 4.12. The van der Waals surface area contributed by atoms with Crippen LogP contribution in [0, 0.1) is 0 Å². The molecule has 5 nitrogen and oxygen atoms in total. The SMILES string of the molecule is CC(CCNCc1nnn(C)n1)c1ccccc1. The molecule has 1 atom stereocenters. The number of nitrogens with zero attached hydrogens (tertiary/aromatic N) is 4. The Kier molecular flexibility index (Phi) is 4.41. The third-order valence-electron chi connectivity index (χ3n) is 2.96. The lowest BCUT2D eigenvalue weighted by atomic mass is 9.98. The number of nitrogens with one attached hydrogen (secondary N) is 1. The number of tetrazole rings is 1. The van der Waals surface area contributed by atoms with Crippen LogP contribution >= 0.6 is 0 Å². The molecule has 1 N–H and O–H groups in total. The Labute approximate surface area is 107 Å². The van der Waals surface area contributed by atoms with Gasteiger partial charge >= 0.3 is 0 Å². The van der Waals surface area contributed by atoms with Gasteiger partial charge in [-0.15, -0.1) is 10.2 Å². The molecule has 0 aliphatic heterocycles. The highest BCUT2D eigenvalue weighted by molar-refractivity contribution is 5.18. The molecule has 5 heteroatoms. The summed E-state index contributed by atoms with van der Waals surface area (Å²) in [4.78, 5) is 1.48. The van der Waals surface area contributed by atoms with Crippen LogP contribution in [0.5, 0.6) is 0 Å². The van der Waals surface area contributed by atoms with Crippen LogP contribution in [0.1, 0.15) is 30.7 Å². The highest BCUT2D eigenvalue weighted by atomic mass is 15.6. The number of hydrogen-bond acceptors (Lipinski definition) is 4. The van der Waals surface area contributed by atoms with Gasteiger partial charge in [0.1, 0.15) is 0 Å². The van der Waals surface area contributed by atoms with Crippen LogP contribution < -0.4 is 5.32 Å². The van der Waals surface area contributed by atoms with E-state index in [1.165, 1.54) is 10.4 Å². The number of benzene rings is 1. The fourth-order valence-corrected chi connectivity index (χ4v) is 1.86. The van der Waals surface area contributed by atoms with Gasteiger partial charge in [-0.2, -0.15) is 4.80 Å². The van der Waals surface area contributed by atoms with Crippen molar-refractivity contribution in [2.75, 3.05) is 6.54 Å². The standard InChI is InChI=1S/C13H19N5/c1-11(12-6-4-3-5-7-12)8-9-14-10-13-15-17-18(2)16-13/h3-7,11,14H,8-10H2,1-2H3. The van der Waals surface area contributed by atoms with Gasteiger partial charge in [0, 0.05) is 0 Å². The van der Waals surface area contributed by atoms with Gasteiger partial charge < -0.3 is 5.32 Å². The van der Waals surface area contributed by atoms with Gasteiger partial charge in [-0.25, -0.2) is 0 Å². The largest absolute Gasteiger partial charge is 0.310 e. The van der Waals surface area contributed by atoms with Crippen molar-refractivity contribution in [2.45, 2.75) is 25.8 Å². The van der Waals surface area contributed by atoms with Crippen molar-refractivity contribution in [1.82, 2.24) is 25.5 Å². The first-order chi connectivity index (χ1) is 8.75. The summed E-state index contributed by atoms with van der Waals surface area (Å²) in [6.07, 6.45) is 1.10. The predicted molar refractivity (Wildman–Crippen MR) is 70.0 cm³/mol. The van der Waals surface area contributed by atoms with E-state index in [0.717, 1.165) is 18.8 Å². The second kappa shape index (κ2) is 6.26. The highest BCUT2D eigenvalue weighted by Crippen LogP contribution is 2.17. The lowest BCUT2D eigenvalue weighted by Gasteiger charge is -2.11. The molecule has 96 valence electrons. The number of hydrogen-bond donors (Lipinski definition) is 1. The quantitative estimate of drug-likeness (QED) is 0.783. The summed E-state index contributed by atoms with van der Waals surface area (Å²) in [6, 6.07) is 10.6. The minimum absolute atomic E-state index is 0.563. The molecule has 2 aromatic rings. The van der Waals surface area contributed by atoms with E-state index in [9.17, 15) is 0 Å². The van der Waals surface area contributed by atoms with Gasteiger partial charge in [0.2, 0.25) is 0 Å². The molecule has 0 radical (unpaired) electrons. The van der Waals surface area contributed by atoms with Crippen LogP contribution in [0.3, 0.4) is 0 Å².